The van der Waals surface area contributed by atoms with E-state index in [1.54, 1.807) is 7.11 Å². The summed E-state index contributed by atoms with van der Waals surface area (Å²) in [5.41, 5.74) is 1.07. The molecule has 1 heterocycles. The molecule has 2 aromatic rings. The molecule has 0 saturated heterocycles. The lowest BCUT2D eigenvalue weighted by atomic mass is 10.2. The minimum absolute atomic E-state index is 0.644. The lowest BCUT2D eigenvalue weighted by Gasteiger charge is -1.98. The molecule has 80 valence electrons. The minimum atomic E-state index is 0.644. The fourth-order valence-corrected chi connectivity index (χ4v) is 1.22. The third-order valence-electron chi connectivity index (χ3n) is 2.05. The molecular formula is C12H11N3O. The smallest absolute Gasteiger partial charge is 0.155 e. The lowest BCUT2D eigenvalue weighted by molar-refractivity contribution is 0.415. The van der Waals surface area contributed by atoms with Gasteiger partial charge in [0.05, 0.1) is 7.11 Å². The van der Waals surface area contributed by atoms with Crippen molar-refractivity contribution < 1.29 is 4.74 Å². The van der Waals surface area contributed by atoms with Crippen LogP contribution in [-0.2, 0) is 0 Å². The van der Waals surface area contributed by atoms with Gasteiger partial charge in [-0.15, -0.1) is 0 Å². The molecular weight excluding hydrogens is 202 g/mol. The summed E-state index contributed by atoms with van der Waals surface area (Å²) in [6.07, 6.45) is 6.72. The van der Waals surface area contributed by atoms with Crippen LogP contribution in [0.25, 0.3) is 12.2 Å². The van der Waals surface area contributed by atoms with Gasteiger partial charge in [-0.25, -0.2) is 15.0 Å². The van der Waals surface area contributed by atoms with E-state index < -0.39 is 0 Å². The second kappa shape index (κ2) is 5.02. The Morgan fingerprint density at radius 3 is 2.31 bits per heavy atom. The van der Waals surface area contributed by atoms with Crippen LogP contribution in [0, 0.1) is 0 Å². The average Bonchev–Trinajstić information content (AvgIpc) is 2.38. The van der Waals surface area contributed by atoms with Gasteiger partial charge in [0.15, 0.2) is 5.82 Å². The lowest BCUT2D eigenvalue weighted by Crippen LogP contribution is -1.86. The molecule has 0 bridgehead atoms. The van der Waals surface area contributed by atoms with Crippen LogP contribution in [0.1, 0.15) is 11.4 Å². The standard InChI is InChI=1S/C12H11N3O/c1-16-11-5-2-10(3-6-11)4-7-12-14-8-13-9-15-12/h2-9H,1H3. The molecule has 0 aliphatic heterocycles. The molecule has 4 heteroatoms. The van der Waals surface area contributed by atoms with Crippen LogP contribution in [-0.4, -0.2) is 22.1 Å². The van der Waals surface area contributed by atoms with Gasteiger partial charge in [-0.3, -0.25) is 0 Å². The van der Waals surface area contributed by atoms with Gasteiger partial charge in [0.2, 0.25) is 0 Å². The Morgan fingerprint density at radius 2 is 1.69 bits per heavy atom. The van der Waals surface area contributed by atoms with E-state index in [9.17, 15) is 0 Å². The first-order chi connectivity index (χ1) is 7.88. The second-order valence-corrected chi connectivity index (χ2v) is 3.10. The number of ether oxygens (including phenoxy) is 1. The highest BCUT2D eigenvalue weighted by molar-refractivity contribution is 5.66. The zero-order chi connectivity index (χ0) is 11.2. The van der Waals surface area contributed by atoms with Gasteiger partial charge in [-0.1, -0.05) is 18.2 Å². The molecule has 4 nitrogen and oxygen atoms in total. The van der Waals surface area contributed by atoms with Gasteiger partial charge in [-0.2, -0.15) is 0 Å². The maximum atomic E-state index is 5.07. The number of aromatic nitrogens is 3. The van der Waals surface area contributed by atoms with E-state index in [1.807, 2.05) is 36.4 Å². The van der Waals surface area contributed by atoms with Crippen molar-refractivity contribution >= 4 is 12.2 Å². The fourth-order valence-electron chi connectivity index (χ4n) is 1.22. The van der Waals surface area contributed by atoms with Crippen LogP contribution in [0.5, 0.6) is 5.75 Å². The van der Waals surface area contributed by atoms with Crippen molar-refractivity contribution in [1.29, 1.82) is 0 Å². The van der Waals surface area contributed by atoms with Crippen molar-refractivity contribution in [2.45, 2.75) is 0 Å². The van der Waals surface area contributed by atoms with Crippen LogP contribution < -0.4 is 4.74 Å². The van der Waals surface area contributed by atoms with Crippen LogP contribution >= 0.6 is 0 Å². The van der Waals surface area contributed by atoms with E-state index in [4.69, 9.17) is 4.74 Å². The van der Waals surface area contributed by atoms with Crippen molar-refractivity contribution in [3.05, 3.63) is 48.3 Å². The summed E-state index contributed by atoms with van der Waals surface area (Å²) >= 11 is 0. The molecule has 0 radical (unpaired) electrons. The van der Waals surface area contributed by atoms with E-state index in [1.165, 1.54) is 12.7 Å². The van der Waals surface area contributed by atoms with Crippen molar-refractivity contribution in [3.8, 4) is 5.75 Å². The van der Waals surface area contributed by atoms with Gasteiger partial charge in [0.1, 0.15) is 18.4 Å². The Labute approximate surface area is 93.7 Å². The van der Waals surface area contributed by atoms with Gasteiger partial charge < -0.3 is 4.74 Å². The SMILES string of the molecule is COc1ccc(C=Cc2ncncn2)cc1. The minimum Gasteiger partial charge on any atom is -0.497 e. The quantitative estimate of drug-likeness (QED) is 0.782. The number of rotatable bonds is 3. The molecule has 0 spiro atoms. The molecule has 0 N–H and O–H groups in total. The summed E-state index contributed by atoms with van der Waals surface area (Å²) in [6, 6.07) is 7.76. The molecule has 0 saturated carbocycles. The summed E-state index contributed by atoms with van der Waals surface area (Å²) in [5, 5.41) is 0. The molecule has 0 atom stereocenters. The Hall–Kier alpha value is -2.23. The van der Waals surface area contributed by atoms with Crippen molar-refractivity contribution in [2.75, 3.05) is 7.11 Å². The zero-order valence-corrected chi connectivity index (χ0v) is 8.87. The molecule has 2 rings (SSSR count). The van der Waals surface area contributed by atoms with Gasteiger partial charge in [0.25, 0.3) is 0 Å². The second-order valence-electron chi connectivity index (χ2n) is 3.10. The zero-order valence-electron chi connectivity index (χ0n) is 8.87. The summed E-state index contributed by atoms with van der Waals surface area (Å²) in [6.45, 7) is 0. The Bertz CT molecular complexity index is 465. The fraction of sp³-hybridized carbons (Fsp3) is 0.0833. The van der Waals surface area contributed by atoms with E-state index in [0.717, 1.165) is 11.3 Å². The number of nitrogens with zero attached hydrogens (tertiary/aromatic N) is 3. The van der Waals surface area contributed by atoms with Crippen LogP contribution in [0.3, 0.4) is 0 Å². The molecule has 0 aliphatic rings. The first kappa shape index (κ1) is 10.3. The van der Waals surface area contributed by atoms with Crippen LogP contribution in [0.15, 0.2) is 36.9 Å². The molecule has 0 unspecified atom stereocenters. The van der Waals surface area contributed by atoms with Crippen molar-refractivity contribution in [2.24, 2.45) is 0 Å². The molecule has 0 amide bonds. The van der Waals surface area contributed by atoms with Gasteiger partial charge in [0, 0.05) is 0 Å². The molecule has 0 aliphatic carbocycles. The van der Waals surface area contributed by atoms with E-state index >= 15 is 0 Å². The number of hydrogen-bond acceptors (Lipinski definition) is 4. The summed E-state index contributed by atoms with van der Waals surface area (Å²) in [5.74, 6) is 1.49. The largest absolute Gasteiger partial charge is 0.497 e. The van der Waals surface area contributed by atoms with E-state index in [2.05, 4.69) is 15.0 Å². The predicted octanol–water partition coefficient (Wildman–Crippen LogP) is 2.05. The normalized spacial score (nSPS) is 10.6. The number of benzene rings is 1. The highest BCUT2D eigenvalue weighted by Crippen LogP contribution is 2.12. The summed E-state index contributed by atoms with van der Waals surface area (Å²) in [4.78, 5) is 11.7. The predicted molar refractivity (Wildman–Crippen MR) is 61.7 cm³/mol. The van der Waals surface area contributed by atoms with Crippen LogP contribution in [0.4, 0.5) is 0 Å². The number of hydrogen-bond donors (Lipinski definition) is 0. The van der Waals surface area contributed by atoms with Crippen LogP contribution in [0.2, 0.25) is 0 Å². The highest BCUT2D eigenvalue weighted by Gasteiger charge is 1.91. The average molecular weight is 213 g/mol. The monoisotopic (exact) mass is 213 g/mol. The molecule has 16 heavy (non-hydrogen) atoms. The summed E-state index contributed by atoms with van der Waals surface area (Å²) < 4.78 is 5.07. The third-order valence-corrected chi connectivity index (χ3v) is 2.05. The van der Waals surface area contributed by atoms with Gasteiger partial charge in [-0.05, 0) is 23.8 Å². The maximum Gasteiger partial charge on any atom is 0.155 e. The summed E-state index contributed by atoms with van der Waals surface area (Å²) in [7, 11) is 1.65. The molecule has 1 aromatic carbocycles. The number of methoxy groups -OCH3 is 1. The molecule has 1 aromatic heterocycles. The highest BCUT2D eigenvalue weighted by atomic mass is 16.5. The van der Waals surface area contributed by atoms with E-state index in [-0.39, 0.29) is 0 Å². The van der Waals surface area contributed by atoms with E-state index in [0.29, 0.717) is 5.82 Å². The first-order valence-corrected chi connectivity index (χ1v) is 4.82. The Balaban J connectivity index is 2.12. The van der Waals surface area contributed by atoms with Crippen molar-refractivity contribution in [1.82, 2.24) is 15.0 Å². The molecule has 0 fully saturated rings. The third kappa shape index (κ3) is 2.63. The topological polar surface area (TPSA) is 47.9 Å². The van der Waals surface area contributed by atoms with Gasteiger partial charge >= 0.3 is 0 Å². The van der Waals surface area contributed by atoms with Crippen molar-refractivity contribution in [3.63, 3.8) is 0 Å². The maximum absolute atomic E-state index is 5.07. The Morgan fingerprint density at radius 1 is 1.00 bits per heavy atom. The Kier molecular flexibility index (Phi) is 3.23. The first-order valence-electron chi connectivity index (χ1n) is 4.82.